The van der Waals surface area contributed by atoms with Crippen LogP contribution < -0.4 is 5.32 Å². The van der Waals surface area contributed by atoms with Gasteiger partial charge in [0.1, 0.15) is 0 Å². The second kappa shape index (κ2) is 6.63. The van der Waals surface area contributed by atoms with E-state index in [0.29, 0.717) is 5.92 Å². The fourth-order valence-electron chi connectivity index (χ4n) is 2.62. The molecule has 1 unspecified atom stereocenters. The Hall–Kier alpha value is -1.46. The molecular formula is C14H21N3O2. The molecule has 0 radical (unpaired) electrons. The normalized spacial score (nSPS) is 20.4. The van der Waals surface area contributed by atoms with E-state index in [1.54, 1.807) is 6.07 Å². The second-order valence-electron chi connectivity index (χ2n) is 5.14. The third-order valence-electron chi connectivity index (χ3n) is 3.55. The van der Waals surface area contributed by atoms with E-state index in [2.05, 4.69) is 15.2 Å². The fraction of sp³-hybridized carbons (Fsp3) is 0.571. The molecule has 104 valence electrons. The van der Waals surface area contributed by atoms with Gasteiger partial charge in [-0.2, -0.15) is 0 Å². The Morgan fingerprint density at radius 3 is 3.05 bits per heavy atom. The van der Waals surface area contributed by atoms with Gasteiger partial charge in [-0.1, -0.05) is 0 Å². The Balaban J connectivity index is 1.91. The summed E-state index contributed by atoms with van der Waals surface area (Å²) in [4.78, 5) is 17.4. The Kier molecular flexibility index (Phi) is 4.87. The van der Waals surface area contributed by atoms with Crippen LogP contribution in [0.5, 0.6) is 0 Å². The summed E-state index contributed by atoms with van der Waals surface area (Å²) in [6.07, 6.45) is 3.94. The van der Waals surface area contributed by atoms with Crippen molar-refractivity contribution in [2.75, 3.05) is 26.7 Å². The molecule has 0 amide bonds. The molecule has 0 saturated carbocycles. The number of hydrogen-bond donors (Lipinski definition) is 2. The van der Waals surface area contributed by atoms with Crippen LogP contribution in [0.2, 0.25) is 0 Å². The lowest BCUT2D eigenvalue weighted by molar-refractivity contribution is 0.0696. The highest BCUT2D eigenvalue weighted by Gasteiger charge is 2.19. The zero-order chi connectivity index (χ0) is 13.7. The van der Waals surface area contributed by atoms with Crippen LogP contribution >= 0.6 is 0 Å². The van der Waals surface area contributed by atoms with Gasteiger partial charge in [-0.25, -0.2) is 4.79 Å². The molecule has 1 aromatic heterocycles. The maximum Gasteiger partial charge on any atom is 0.337 e. The van der Waals surface area contributed by atoms with Crippen LogP contribution in [0.3, 0.4) is 0 Å². The molecule has 19 heavy (non-hydrogen) atoms. The number of pyridine rings is 1. The minimum Gasteiger partial charge on any atom is -0.478 e. The number of hydrogen-bond acceptors (Lipinski definition) is 4. The van der Waals surface area contributed by atoms with Crippen LogP contribution in [0.1, 0.15) is 28.9 Å². The van der Waals surface area contributed by atoms with Crippen molar-refractivity contribution >= 4 is 5.97 Å². The average molecular weight is 263 g/mol. The largest absolute Gasteiger partial charge is 0.478 e. The summed E-state index contributed by atoms with van der Waals surface area (Å²) in [6.45, 7) is 4.05. The summed E-state index contributed by atoms with van der Waals surface area (Å²) in [7, 11) is 1.99. The summed E-state index contributed by atoms with van der Waals surface area (Å²) in [6, 6.07) is 3.44. The smallest absolute Gasteiger partial charge is 0.337 e. The SMILES string of the molecule is CNCC1CCCN(Cc2ccc(C(=O)O)cn2)C1. The standard InChI is InChI=1S/C14H21N3O2/c1-15-7-11-3-2-6-17(9-11)10-13-5-4-12(8-16-13)14(18)19/h4-5,8,11,15H,2-3,6-7,9-10H2,1H3,(H,18,19). The maximum absolute atomic E-state index is 10.8. The monoisotopic (exact) mass is 263 g/mol. The number of carbonyl (C=O) groups is 1. The van der Waals surface area contributed by atoms with Crippen LogP contribution in [-0.2, 0) is 6.54 Å². The first-order valence-corrected chi connectivity index (χ1v) is 6.74. The lowest BCUT2D eigenvalue weighted by atomic mass is 9.98. The van der Waals surface area contributed by atoms with Crippen molar-refractivity contribution in [1.29, 1.82) is 0 Å². The van der Waals surface area contributed by atoms with Crippen LogP contribution in [0.4, 0.5) is 0 Å². The summed E-state index contributed by atoms with van der Waals surface area (Å²) in [5.41, 5.74) is 1.19. The van der Waals surface area contributed by atoms with E-state index >= 15 is 0 Å². The van der Waals surface area contributed by atoms with Gasteiger partial charge in [-0.05, 0) is 51.0 Å². The predicted molar refractivity (Wildman–Crippen MR) is 73.1 cm³/mol. The van der Waals surface area contributed by atoms with Gasteiger partial charge in [0, 0.05) is 19.3 Å². The highest BCUT2D eigenvalue weighted by molar-refractivity contribution is 5.87. The molecule has 1 atom stereocenters. The number of rotatable bonds is 5. The lowest BCUT2D eigenvalue weighted by Crippen LogP contribution is -2.38. The van der Waals surface area contributed by atoms with Gasteiger partial charge in [0.25, 0.3) is 0 Å². The van der Waals surface area contributed by atoms with Gasteiger partial charge in [0.15, 0.2) is 0 Å². The van der Waals surface area contributed by atoms with Gasteiger partial charge >= 0.3 is 5.97 Å². The molecule has 1 aliphatic heterocycles. The van der Waals surface area contributed by atoms with Crippen molar-refractivity contribution in [3.63, 3.8) is 0 Å². The molecule has 5 nitrogen and oxygen atoms in total. The van der Waals surface area contributed by atoms with E-state index in [9.17, 15) is 4.79 Å². The summed E-state index contributed by atoms with van der Waals surface area (Å²) in [5.74, 6) is -0.219. The fourth-order valence-corrected chi connectivity index (χ4v) is 2.62. The van der Waals surface area contributed by atoms with Crippen molar-refractivity contribution < 1.29 is 9.90 Å². The zero-order valence-corrected chi connectivity index (χ0v) is 11.3. The van der Waals surface area contributed by atoms with E-state index in [-0.39, 0.29) is 5.56 Å². The molecular weight excluding hydrogens is 242 g/mol. The van der Waals surface area contributed by atoms with Gasteiger partial charge in [-0.3, -0.25) is 9.88 Å². The van der Waals surface area contributed by atoms with Gasteiger partial charge in [0.2, 0.25) is 0 Å². The van der Waals surface area contributed by atoms with E-state index in [1.165, 1.54) is 19.0 Å². The summed E-state index contributed by atoms with van der Waals surface area (Å²) in [5, 5.41) is 12.1. The molecule has 0 spiro atoms. The van der Waals surface area contributed by atoms with Crippen molar-refractivity contribution in [1.82, 2.24) is 15.2 Å². The highest BCUT2D eigenvalue weighted by Crippen LogP contribution is 2.17. The second-order valence-corrected chi connectivity index (χ2v) is 5.14. The number of nitrogens with one attached hydrogen (secondary N) is 1. The number of piperidine rings is 1. The number of carboxylic acids is 1. The number of likely N-dealkylation sites (tertiary alicyclic amines) is 1. The van der Waals surface area contributed by atoms with Crippen LogP contribution in [0, 0.1) is 5.92 Å². The van der Waals surface area contributed by atoms with Crippen LogP contribution in [0.15, 0.2) is 18.3 Å². The first kappa shape index (κ1) is 14.0. The molecule has 0 aliphatic carbocycles. The molecule has 0 bridgehead atoms. The molecule has 1 aliphatic rings. The van der Waals surface area contributed by atoms with Crippen LogP contribution in [0.25, 0.3) is 0 Å². The van der Waals surface area contributed by atoms with Gasteiger partial charge in [-0.15, -0.1) is 0 Å². The number of carboxylic acid groups (broad SMARTS) is 1. The van der Waals surface area contributed by atoms with Crippen LogP contribution in [-0.4, -0.2) is 47.6 Å². The molecule has 1 saturated heterocycles. The summed E-state index contributed by atoms with van der Waals surface area (Å²) < 4.78 is 0. The molecule has 2 heterocycles. The number of nitrogens with zero attached hydrogens (tertiary/aromatic N) is 2. The molecule has 1 fully saturated rings. The number of aromatic nitrogens is 1. The zero-order valence-electron chi connectivity index (χ0n) is 11.3. The average Bonchev–Trinajstić information content (AvgIpc) is 2.40. The Bertz CT molecular complexity index is 417. The molecule has 1 aromatic rings. The Morgan fingerprint density at radius 2 is 2.42 bits per heavy atom. The minimum atomic E-state index is -0.925. The quantitative estimate of drug-likeness (QED) is 0.836. The predicted octanol–water partition coefficient (Wildman–Crippen LogP) is 1.21. The molecule has 5 heteroatoms. The van der Waals surface area contributed by atoms with Crippen molar-refractivity contribution in [3.8, 4) is 0 Å². The first-order chi connectivity index (χ1) is 9.19. The Morgan fingerprint density at radius 1 is 1.58 bits per heavy atom. The molecule has 2 rings (SSSR count). The van der Waals surface area contributed by atoms with E-state index in [1.807, 2.05) is 13.1 Å². The third-order valence-corrected chi connectivity index (χ3v) is 3.55. The summed E-state index contributed by atoms with van der Waals surface area (Å²) >= 11 is 0. The van der Waals surface area contributed by atoms with Gasteiger partial charge in [0.05, 0.1) is 11.3 Å². The topological polar surface area (TPSA) is 65.5 Å². The van der Waals surface area contributed by atoms with Crippen molar-refractivity contribution in [2.24, 2.45) is 5.92 Å². The lowest BCUT2D eigenvalue weighted by Gasteiger charge is -2.32. The van der Waals surface area contributed by atoms with Gasteiger partial charge < -0.3 is 10.4 Å². The third kappa shape index (κ3) is 4.01. The van der Waals surface area contributed by atoms with E-state index in [4.69, 9.17) is 5.11 Å². The van der Waals surface area contributed by atoms with E-state index in [0.717, 1.165) is 31.9 Å². The van der Waals surface area contributed by atoms with E-state index < -0.39 is 5.97 Å². The van der Waals surface area contributed by atoms with Crippen molar-refractivity contribution in [2.45, 2.75) is 19.4 Å². The first-order valence-electron chi connectivity index (χ1n) is 6.74. The Labute approximate surface area is 113 Å². The number of aromatic carboxylic acids is 1. The molecule has 0 aromatic carbocycles. The maximum atomic E-state index is 10.8. The molecule has 2 N–H and O–H groups in total. The van der Waals surface area contributed by atoms with Crippen molar-refractivity contribution in [3.05, 3.63) is 29.6 Å². The highest BCUT2D eigenvalue weighted by atomic mass is 16.4. The minimum absolute atomic E-state index is 0.246.